The summed E-state index contributed by atoms with van der Waals surface area (Å²) in [6.45, 7) is 2.52. The molecule has 0 spiro atoms. The summed E-state index contributed by atoms with van der Waals surface area (Å²) >= 11 is 0. The maximum absolute atomic E-state index is 12.5. The van der Waals surface area contributed by atoms with Gasteiger partial charge < -0.3 is 15.1 Å². The van der Waals surface area contributed by atoms with Gasteiger partial charge in [-0.05, 0) is 55.0 Å². The summed E-state index contributed by atoms with van der Waals surface area (Å²) in [6.07, 6.45) is 1.44. The van der Waals surface area contributed by atoms with E-state index in [4.69, 9.17) is 0 Å². The second-order valence-corrected chi connectivity index (χ2v) is 8.41. The van der Waals surface area contributed by atoms with E-state index in [0.717, 1.165) is 37.0 Å². The minimum absolute atomic E-state index is 0.00262. The number of nitrogens with one attached hydrogen (secondary N) is 1. The molecule has 1 amide bonds. The molecule has 2 saturated heterocycles. The Morgan fingerprint density at radius 1 is 1.12 bits per heavy atom. The zero-order chi connectivity index (χ0) is 22.6. The Bertz CT molecular complexity index is 919. The number of piperidine rings is 1. The number of aromatic nitrogens is 2. The summed E-state index contributed by atoms with van der Waals surface area (Å²) in [7, 11) is 0. The lowest BCUT2D eigenvalue weighted by molar-refractivity contribution is -0.120. The molecule has 3 heterocycles. The van der Waals surface area contributed by atoms with Crippen molar-refractivity contribution in [3.63, 3.8) is 0 Å². The van der Waals surface area contributed by atoms with Gasteiger partial charge in [0.1, 0.15) is 0 Å². The van der Waals surface area contributed by atoms with Crippen molar-refractivity contribution in [2.75, 3.05) is 36.4 Å². The van der Waals surface area contributed by atoms with Gasteiger partial charge in [0.05, 0.1) is 5.92 Å². The molecule has 6 nitrogen and oxygen atoms in total. The molecule has 9 heteroatoms. The van der Waals surface area contributed by atoms with E-state index >= 15 is 0 Å². The van der Waals surface area contributed by atoms with Crippen LogP contribution in [-0.2, 0) is 11.2 Å². The molecule has 2 fully saturated rings. The Morgan fingerprint density at radius 3 is 2.47 bits per heavy atom. The van der Waals surface area contributed by atoms with Crippen molar-refractivity contribution in [3.05, 3.63) is 60.4 Å². The van der Waals surface area contributed by atoms with Crippen LogP contribution in [-0.4, -0.2) is 53.4 Å². The number of allylic oxidation sites excluding steroid dienone is 1. The van der Waals surface area contributed by atoms with E-state index in [1.54, 1.807) is 11.1 Å². The minimum Gasteiger partial charge on any atom is -0.377 e. The standard InChI is InChI=1S/C23H26F3N5O/c24-23(25,26)9-13-30-11-7-18(8-12-30)14-17-3-5-20(6-4-17)28-22(32)19-15-31(16-19)21-2-1-10-27-29-21/h1-6,9-10,13,18-19H,7-8,11-12,14-16H2,(H,28,32). The third-order valence-corrected chi connectivity index (χ3v) is 6.00. The van der Waals surface area contributed by atoms with Gasteiger partial charge in [-0.1, -0.05) is 12.1 Å². The highest BCUT2D eigenvalue weighted by atomic mass is 19.4. The molecule has 0 unspecified atom stereocenters. The summed E-state index contributed by atoms with van der Waals surface area (Å²) in [4.78, 5) is 16.2. The van der Waals surface area contributed by atoms with E-state index in [1.165, 1.54) is 5.56 Å². The fourth-order valence-electron chi connectivity index (χ4n) is 4.09. The van der Waals surface area contributed by atoms with E-state index in [-0.39, 0.29) is 11.8 Å². The number of anilines is 2. The van der Waals surface area contributed by atoms with Gasteiger partial charge in [-0.15, -0.1) is 5.10 Å². The summed E-state index contributed by atoms with van der Waals surface area (Å²) in [6, 6.07) is 11.5. The number of likely N-dealkylation sites (tertiary alicyclic amines) is 1. The smallest absolute Gasteiger partial charge is 0.377 e. The molecule has 32 heavy (non-hydrogen) atoms. The van der Waals surface area contributed by atoms with Crippen molar-refractivity contribution >= 4 is 17.4 Å². The third kappa shape index (κ3) is 5.99. The second kappa shape index (κ2) is 9.58. The lowest BCUT2D eigenvalue weighted by atomic mass is 9.90. The van der Waals surface area contributed by atoms with Crippen LogP contribution < -0.4 is 10.2 Å². The summed E-state index contributed by atoms with van der Waals surface area (Å²) < 4.78 is 36.9. The Balaban J connectivity index is 1.20. The largest absolute Gasteiger partial charge is 0.411 e. The maximum atomic E-state index is 12.5. The molecule has 1 N–H and O–H groups in total. The van der Waals surface area contributed by atoms with Crippen LogP contribution in [0.25, 0.3) is 0 Å². The fourth-order valence-corrected chi connectivity index (χ4v) is 4.09. The van der Waals surface area contributed by atoms with Crippen LogP contribution in [0.5, 0.6) is 0 Å². The molecule has 0 aliphatic carbocycles. The Morgan fingerprint density at radius 2 is 1.84 bits per heavy atom. The molecule has 2 aliphatic rings. The van der Waals surface area contributed by atoms with Crippen LogP contribution in [0.1, 0.15) is 18.4 Å². The molecule has 0 atom stereocenters. The van der Waals surface area contributed by atoms with E-state index in [0.29, 0.717) is 38.2 Å². The first kappa shape index (κ1) is 22.1. The number of nitrogens with zero attached hydrogens (tertiary/aromatic N) is 4. The normalized spacial score (nSPS) is 18.1. The number of carbonyl (C=O) groups excluding carboxylic acids is 1. The van der Waals surface area contributed by atoms with Crippen molar-refractivity contribution in [2.24, 2.45) is 11.8 Å². The predicted molar refractivity (Wildman–Crippen MR) is 116 cm³/mol. The molecular formula is C23H26F3N5O. The van der Waals surface area contributed by atoms with Crippen molar-refractivity contribution in [2.45, 2.75) is 25.4 Å². The van der Waals surface area contributed by atoms with E-state index in [2.05, 4.69) is 15.5 Å². The molecule has 2 aliphatic heterocycles. The first-order valence-electron chi connectivity index (χ1n) is 10.8. The number of amides is 1. The highest BCUT2D eigenvalue weighted by Gasteiger charge is 2.33. The first-order valence-corrected chi connectivity index (χ1v) is 10.8. The maximum Gasteiger partial charge on any atom is 0.411 e. The minimum atomic E-state index is -4.26. The van der Waals surface area contributed by atoms with Gasteiger partial charge in [-0.2, -0.15) is 18.3 Å². The predicted octanol–water partition coefficient (Wildman–Crippen LogP) is 3.88. The number of carbonyl (C=O) groups is 1. The summed E-state index contributed by atoms with van der Waals surface area (Å²) in [5, 5.41) is 10.9. The zero-order valence-electron chi connectivity index (χ0n) is 17.6. The third-order valence-electron chi connectivity index (χ3n) is 6.00. The number of hydrogen-bond donors (Lipinski definition) is 1. The van der Waals surface area contributed by atoms with Gasteiger partial charge in [0.2, 0.25) is 5.91 Å². The van der Waals surface area contributed by atoms with Crippen LogP contribution in [0.15, 0.2) is 54.9 Å². The summed E-state index contributed by atoms with van der Waals surface area (Å²) in [5.74, 6) is 1.15. The van der Waals surface area contributed by atoms with Crippen molar-refractivity contribution in [1.29, 1.82) is 0 Å². The molecule has 0 radical (unpaired) electrons. The molecule has 1 aromatic carbocycles. The average Bonchev–Trinajstić information content (AvgIpc) is 2.74. The van der Waals surface area contributed by atoms with Crippen LogP contribution in [0.3, 0.4) is 0 Å². The van der Waals surface area contributed by atoms with Gasteiger partial charge in [0, 0.05) is 50.3 Å². The zero-order valence-corrected chi connectivity index (χ0v) is 17.6. The quantitative estimate of drug-likeness (QED) is 0.731. The highest BCUT2D eigenvalue weighted by Crippen LogP contribution is 2.25. The summed E-state index contributed by atoms with van der Waals surface area (Å²) in [5.41, 5.74) is 1.94. The molecule has 170 valence electrons. The van der Waals surface area contributed by atoms with Crippen LogP contribution in [0, 0.1) is 11.8 Å². The van der Waals surface area contributed by atoms with Crippen LogP contribution in [0.2, 0.25) is 0 Å². The van der Waals surface area contributed by atoms with E-state index in [9.17, 15) is 18.0 Å². The first-order chi connectivity index (χ1) is 15.4. The molecule has 4 rings (SSSR count). The Labute approximate surface area is 185 Å². The van der Waals surface area contributed by atoms with E-state index < -0.39 is 6.18 Å². The SMILES string of the molecule is O=C(Nc1ccc(CC2CCN(C=CC(F)(F)F)CC2)cc1)C1CN(c2cccnn2)C1. The van der Waals surface area contributed by atoms with Crippen molar-refractivity contribution in [3.8, 4) is 0 Å². The van der Waals surface area contributed by atoms with Crippen molar-refractivity contribution < 1.29 is 18.0 Å². The molecule has 0 saturated carbocycles. The van der Waals surface area contributed by atoms with Gasteiger partial charge in [0.15, 0.2) is 5.82 Å². The van der Waals surface area contributed by atoms with Gasteiger partial charge >= 0.3 is 6.18 Å². The molecular weight excluding hydrogens is 419 g/mol. The Hall–Kier alpha value is -3.10. The topological polar surface area (TPSA) is 61.4 Å². The van der Waals surface area contributed by atoms with Gasteiger partial charge in [-0.25, -0.2) is 0 Å². The number of rotatable bonds is 6. The lowest BCUT2D eigenvalue weighted by Gasteiger charge is -2.38. The lowest BCUT2D eigenvalue weighted by Crippen LogP contribution is -2.52. The van der Waals surface area contributed by atoms with Gasteiger partial charge in [-0.3, -0.25) is 4.79 Å². The van der Waals surface area contributed by atoms with E-state index in [1.807, 2.05) is 41.3 Å². The second-order valence-electron chi connectivity index (χ2n) is 8.41. The molecule has 2 aromatic rings. The number of alkyl halides is 3. The van der Waals surface area contributed by atoms with Crippen molar-refractivity contribution in [1.82, 2.24) is 15.1 Å². The highest BCUT2D eigenvalue weighted by molar-refractivity contribution is 5.94. The Kier molecular flexibility index (Phi) is 6.62. The van der Waals surface area contributed by atoms with Crippen LogP contribution in [0.4, 0.5) is 24.7 Å². The number of hydrogen-bond acceptors (Lipinski definition) is 5. The monoisotopic (exact) mass is 445 g/mol. The number of halogens is 3. The van der Waals surface area contributed by atoms with Crippen LogP contribution >= 0.6 is 0 Å². The average molecular weight is 445 g/mol. The molecule has 1 aromatic heterocycles. The fraction of sp³-hybridized carbons (Fsp3) is 0.435. The molecule has 0 bridgehead atoms. The van der Waals surface area contributed by atoms with Gasteiger partial charge in [0.25, 0.3) is 0 Å². The number of benzene rings is 1.